The van der Waals surface area contributed by atoms with E-state index in [0.717, 1.165) is 5.56 Å². The summed E-state index contributed by atoms with van der Waals surface area (Å²) in [5, 5.41) is 2.95. The first-order chi connectivity index (χ1) is 15.1. The average Bonchev–Trinajstić information content (AvgIpc) is 3.18. The normalized spacial score (nSPS) is 30.4. The van der Waals surface area contributed by atoms with Crippen LogP contribution in [0.4, 0.5) is 9.59 Å². The molecule has 3 aliphatic rings. The largest absolute Gasteiger partial charge is 0.445 e. The number of benzene rings is 1. The Bertz CT molecular complexity index is 823. The number of nitrogens with zero attached hydrogens (tertiary/aromatic N) is 1. The van der Waals surface area contributed by atoms with Crippen molar-refractivity contribution in [1.82, 2.24) is 10.2 Å². The lowest BCUT2D eigenvalue weighted by molar-refractivity contribution is -0.212. The van der Waals surface area contributed by atoms with E-state index in [0.29, 0.717) is 25.9 Å². The maximum Gasteiger partial charge on any atom is 0.410 e. The van der Waals surface area contributed by atoms with Crippen molar-refractivity contribution in [3.8, 4) is 0 Å². The van der Waals surface area contributed by atoms with Crippen molar-refractivity contribution in [3.05, 3.63) is 35.9 Å². The number of fused-ring (bicyclic) bond motifs is 1. The maximum atomic E-state index is 12.8. The summed E-state index contributed by atoms with van der Waals surface area (Å²) in [4.78, 5) is 26.7. The van der Waals surface area contributed by atoms with Crippen LogP contribution >= 0.6 is 0 Å². The molecule has 32 heavy (non-hydrogen) atoms. The number of carbonyl (C=O) groups is 2. The number of ether oxygens (including phenoxy) is 5. The second kappa shape index (κ2) is 8.88. The molecule has 0 aromatic heterocycles. The number of likely N-dealkylation sites (tertiary alicyclic amines) is 1. The van der Waals surface area contributed by atoms with Crippen LogP contribution in [0.15, 0.2) is 30.3 Å². The zero-order valence-corrected chi connectivity index (χ0v) is 19.0. The Labute approximate surface area is 188 Å². The predicted octanol–water partition coefficient (Wildman–Crippen LogP) is 3.17. The number of hydrogen-bond donors (Lipinski definition) is 1. The van der Waals surface area contributed by atoms with Crippen molar-refractivity contribution in [2.24, 2.45) is 0 Å². The minimum absolute atomic E-state index is 0.216. The highest BCUT2D eigenvalue weighted by Gasteiger charge is 2.55. The van der Waals surface area contributed by atoms with E-state index in [1.54, 1.807) is 4.90 Å². The average molecular weight is 449 g/mol. The third kappa shape index (κ3) is 5.16. The Morgan fingerprint density at radius 3 is 2.50 bits per heavy atom. The molecule has 0 radical (unpaired) electrons. The van der Waals surface area contributed by atoms with E-state index in [1.807, 2.05) is 58.0 Å². The van der Waals surface area contributed by atoms with Gasteiger partial charge in [-0.3, -0.25) is 0 Å². The second-order valence-corrected chi connectivity index (χ2v) is 9.39. The van der Waals surface area contributed by atoms with Gasteiger partial charge in [0.05, 0.1) is 6.10 Å². The zero-order chi connectivity index (χ0) is 22.9. The first-order valence-corrected chi connectivity index (χ1v) is 11.1. The van der Waals surface area contributed by atoms with Crippen molar-refractivity contribution < 1.29 is 33.3 Å². The van der Waals surface area contributed by atoms with Crippen molar-refractivity contribution in [2.75, 3.05) is 13.1 Å². The van der Waals surface area contributed by atoms with Gasteiger partial charge in [-0.25, -0.2) is 9.59 Å². The van der Waals surface area contributed by atoms with Crippen molar-refractivity contribution in [2.45, 2.75) is 83.1 Å². The number of piperidine rings is 1. The molecule has 0 bridgehead atoms. The Kier molecular flexibility index (Phi) is 6.33. The van der Waals surface area contributed by atoms with E-state index >= 15 is 0 Å². The fourth-order valence-electron chi connectivity index (χ4n) is 4.31. The topological polar surface area (TPSA) is 95.6 Å². The molecule has 3 saturated heterocycles. The van der Waals surface area contributed by atoms with E-state index < -0.39 is 42.0 Å². The summed E-state index contributed by atoms with van der Waals surface area (Å²) in [7, 11) is 0. The summed E-state index contributed by atoms with van der Waals surface area (Å²) in [6.45, 7) is 8.56. The first kappa shape index (κ1) is 22.8. The Hall–Kier alpha value is -2.36. The van der Waals surface area contributed by atoms with Crippen LogP contribution in [0, 0.1) is 0 Å². The van der Waals surface area contributed by atoms with Crippen LogP contribution in [0.25, 0.3) is 0 Å². The summed E-state index contributed by atoms with van der Waals surface area (Å²) < 4.78 is 28.4. The fraction of sp³-hybridized carbons (Fsp3) is 0.652. The smallest absolute Gasteiger partial charge is 0.410 e. The molecule has 3 aliphatic heterocycles. The Balaban J connectivity index is 1.24. The summed E-state index contributed by atoms with van der Waals surface area (Å²) in [6, 6.07) is 9.52. The number of alkyl carbamates (subject to hydrolysis) is 1. The van der Waals surface area contributed by atoms with E-state index in [4.69, 9.17) is 23.7 Å². The summed E-state index contributed by atoms with van der Waals surface area (Å²) in [5.41, 5.74) is 0.476. The molecule has 4 atom stereocenters. The molecule has 9 heteroatoms. The fourth-order valence-corrected chi connectivity index (χ4v) is 4.31. The SMILES string of the molecule is C[C@H]1O[C@@H]2OC(C)(C)O[C@@H]2C1OC(=O)N1CCC(C)(NC(=O)OCc2ccccc2)CC1. The van der Waals surface area contributed by atoms with Crippen molar-refractivity contribution in [1.29, 1.82) is 0 Å². The van der Waals surface area contributed by atoms with Crippen LogP contribution in [-0.2, 0) is 30.3 Å². The number of hydrogen-bond acceptors (Lipinski definition) is 7. The van der Waals surface area contributed by atoms with Gasteiger partial charge in [-0.2, -0.15) is 0 Å². The predicted molar refractivity (Wildman–Crippen MR) is 114 cm³/mol. The van der Waals surface area contributed by atoms with Crippen LogP contribution in [0.3, 0.4) is 0 Å². The summed E-state index contributed by atoms with van der Waals surface area (Å²) >= 11 is 0. The molecule has 3 fully saturated rings. The number of nitrogens with one attached hydrogen (secondary N) is 1. The number of amides is 2. The quantitative estimate of drug-likeness (QED) is 0.756. The van der Waals surface area contributed by atoms with Gasteiger partial charge in [-0.05, 0) is 46.1 Å². The number of rotatable bonds is 4. The van der Waals surface area contributed by atoms with Gasteiger partial charge in [0.2, 0.25) is 0 Å². The highest BCUT2D eigenvalue weighted by molar-refractivity contribution is 5.69. The first-order valence-electron chi connectivity index (χ1n) is 11.1. The zero-order valence-electron chi connectivity index (χ0n) is 19.0. The monoisotopic (exact) mass is 448 g/mol. The molecule has 176 valence electrons. The lowest BCUT2D eigenvalue weighted by Gasteiger charge is -2.39. The van der Waals surface area contributed by atoms with Crippen LogP contribution in [-0.4, -0.2) is 66.1 Å². The molecule has 1 aromatic carbocycles. The summed E-state index contributed by atoms with van der Waals surface area (Å²) in [5.74, 6) is -0.770. The maximum absolute atomic E-state index is 12.8. The van der Waals surface area contributed by atoms with Crippen molar-refractivity contribution >= 4 is 12.2 Å². The molecule has 1 unspecified atom stereocenters. The van der Waals surface area contributed by atoms with Gasteiger partial charge < -0.3 is 33.9 Å². The van der Waals surface area contributed by atoms with Gasteiger partial charge in [0.25, 0.3) is 0 Å². The molecular formula is C23H32N2O7. The third-order valence-electron chi connectivity index (χ3n) is 6.20. The van der Waals surface area contributed by atoms with E-state index in [1.165, 1.54) is 0 Å². The number of carbonyl (C=O) groups excluding carboxylic acids is 2. The van der Waals surface area contributed by atoms with Gasteiger partial charge in [0.1, 0.15) is 6.61 Å². The van der Waals surface area contributed by atoms with Crippen LogP contribution < -0.4 is 5.32 Å². The molecule has 0 aliphatic carbocycles. The molecule has 2 amide bonds. The van der Waals surface area contributed by atoms with Gasteiger partial charge in [-0.15, -0.1) is 0 Å². The molecule has 9 nitrogen and oxygen atoms in total. The Morgan fingerprint density at radius 1 is 1.12 bits per heavy atom. The van der Waals surface area contributed by atoms with E-state index in [2.05, 4.69) is 5.32 Å². The van der Waals surface area contributed by atoms with E-state index in [-0.39, 0.29) is 12.7 Å². The highest BCUT2D eigenvalue weighted by atomic mass is 16.8. The van der Waals surface area contributed by atoms with Crippen LogP contribution in [0.1, 0.15) is 46.1 Å². The third-order valence-corrected chi connectivity index (χ3v) is 6.20. The second-order valence-electron chi connectivity index (χ2n) is 9.39. The molecule has 0 saturated carbocycles. The standard InChI is InChI=1S/C23H32N2O7/c1-15-17(18-19(29-15)32-22(2,3)31-18)30-21(27)25-12-10-23(4,11-13-25)24-20(26)28-14-16-8-6-5-7-9-16/h5-9,15,17-19H,10-14H2,1-4H3,(H,24,26)/t15-,17?,18-,19-/m1/s1. The lowest BCUT2D eigenvalue weighted by Crippen LogP contribution is -2.55. The molecular weight excluding hydrogens is 416 g/mol. The van der Waals surface area contributed by atoms with E-state index in [9.17, 15) is 9.59 Å². The van der Waals surface area contributed by atoms with Gasteiger partial charge in [0, 0.05) is 18.6 Å². The van der Waals surface area contributed by atoms with Gasteiger partial charge >= 0.3 is 12.2 Å². The summed E-state index contributed by atoms with van der Waals surface area (Å²) in [6.07, 6.45) is -1.51. The van der Waals surface area contributed by atoms with Crippen LogP contribution in [0.5, 0.6) is 0 Å². The van der Waals surface area contributed by atoms with Crippen molar-refractivity contribution in [3.63, 3.8) is 0 Å². The van der Waals surface area contributed by atoms with Gasteiger partial charge in [0.15, 0.2) is 24.3 Å². The molecule has 4 rings (SSSR count). The lowest BCUT2D eigenvalue weighted by atomic mass is 9.90. The molecule has 1 aromatic rings. The van der Waals surface area contributed by atoms with Gasteiger partial charge in [-0.1, -0.05) is 30.3 Å². The van der Waals surface area contributed by atoms with Crippen LogP contribution in [0.2, 0.25) is 0 Å². The minimum atomic E-state index is -0.770. The molecule has 1 N–H and O–H groups in total. The Morgan fingerprint density at radius 2 is 1.81 bits per heavy atom. The molecule has 3 heterocycles. The minimum Gasteiger partial charge on any atom is -0.445 e. The molecule has 0 spiro atoms. The highest BCUT2D eigenvalue weighted by Crippen LogP contribution is 2.39.